The van der Waals surface area contributed by atoms with E-state index in [1.807, 2.05) is 13.8 Å². The smallest absolute Gasteiger partial charge is 0.325 e. The lowest BCUT2D eigenvalue weighted by Gasteiger charge is -2.25. The van der Waals surface area contributed by atoms with Crippen molar-refractivity contribution in [2.45, 2.75) is 52.2 Å². The maximum absolute atomic E-state index is 11.5. The van der Waals surface area contributed by atoms with E-state index in [1.165, 1.54) is 0 Å². The van der Waals surface area contributed by atoms with Gasteiger partial charge in [0.15, 0.2) is 0 Å². The van der Waals surface area contributed by atoms with Crippen molar-refractivity contribution in [2.24, 2.45) is 5.73 Å². The summed E-state index contributed by atoms with van der Waals surface area (Å²) in [5.41, 5.74) is 4.91. The molecule has 0 heterocycles. The summed E-state index contributed by atoms with van der Waals surface area (Å²) in [7, 11) is 0. The lowest BCUT2D eigenvalue weighted by Crippen LogP contribution is -2.48. The Morgan fingerprint density at radius 3 is 2.53 bits per heavy atom. The molecule has 4 nitrogen and oxygen atoms in total. The highest BCUT2D eigenvalue weighted by Crippen LogP contribution is 2.13. The Morgan fingerprint density at radius 2 is 2.07 bits per heavy atom. The SMILES string of the molecule is CCCOC(C)CC(C)(N)C(=O)OCC. The quantitative estimate of drug-likeness (QED) is 0.656. The molecule has 2 N–H and O–H groups in total. The van der Waals surface area contributed by atoms with Crippen LogP contribution in [-0.2, 0) is 14.3 Å². The third kappa shape index (κ3) is 5.74. The van der Waals surface area contributed by atoms with E-state index in [9.17, 15) is 4.79 Å². The van der Waals surface area contributed by atoms with Gasteiger partial charge < -0.3 is 15.2 Å². The van der Waals surface area contributed by atoms with Crippen molar-refractivity contribution in [1.82, 2.24) is 0 Å². The molecule has 4 heteroatoms. The van der Waals surface area contributed by atoms with Gasteiger partial charge in [0.2, 0.25) is 0 Å². The summed E-state index contributed by atoms with van der Waals surface area (Å²) in [6.07, 6.45) is 1.42. The molecule has 0 aliphatic heterocycles. The zero-order chi connectivity index (χ0) is 11.9. The van der Waals surface area contributed by atoms with Crippen molar-refractivity contribution in [3.05, 3.63) is 0 Å². The van der Waals surface area contributed by atoms with Crippen LogP contribution in [0.3, 0.4) is 0 Å². The molecule has 2 unspecified atom stereocenters. The molecule has 0 rings (SSSR count). The number of carbonyl (C=O) groups is 1. The molecule has 0 bridgehead atoms. The molecule has 15 heavy (non-hydrogen) atoms. The van der Waals surface area contributed by atoms with Crippen molar-refractivity contribution in [3.8, 4) is 0 Å². The van der Waals surface area contributed by atoms with Crippen molar-refractivity contribution in [3.63, 3.8) is 0 Å². The van der Waals surface area contributed by atoms with Gasteiger partial charge in [0.1, 0.15) is 5.54 Å². The average Bonchev–Trinajstić information content (AvgIpc) is 2.14. The molecular weight excluding hydrogens is 194 g/mol. The van der Waals surface area contributed by atoms with E-state index in [-0.39, 0.29) is 12.1 Å². The minimum Gasteiger partial charge on any atom is -0.465 e. The van der Waals surface area contributed by atoms with Gasteiger partial charge in [-0.15, -0.1) is 0 Å². The molecule has 0 saturated carbocycles. The first kappa shape index (κ1) is 14.4. The predicted octanol–water partition coefficient (Wildman–Crippen LogP) is 1.47. The van der Waals surface area contributed by atoms with Gasteiger partial charge in [-0.05, 0) is 27.2 Å². The molecule has 0 spiro atoms. The molecule has 90 valence electrons. The Morgan fingerprint density at radius 1 is 1.47 bits per heavy atom. The second-order valence-electron chi connectivity index (χ2n) is 4.02. The molecular formula is C11H23NO3. The minimum absolute atomic E-state index is 0.0237. The molecule has 0 fully saturated rings. The number of hydrogen-bond acceptors (Lipinski definition) is 4. The van der Waals surface area contributed by atoms with Gasteiger partial charge in [-0.2, -0.15) is 0 Å². The Bertz CT molecular complexity index is 192. The van der Waals surface area contributed by atoms with Crippen LogP contribution in [0.1, 0.15) is 40.5 Å². The summed E-state index contributed by atoms with van der Waals surface area (Å²) < 4.78 is 10.4. The Labute approximate surface area is 92.1 Å². The summed E-state index contributed by atoms with van der Waals surface area (Å²) in [6, 6.07) is 0. The molecule has 0 amide bonds. The third-order valence-corrected chi connectivity index (χ3v) is 2.06. The number of hydrogen-bond donors (Lipinski definition) is 1. The molecule has 0 aromatic rings. The van der Waals surface area contributed by atoms with Crippen LogP contribution in [-0.4, -0.2) is 30.8 Å². The Kier molecular flexibility index (Phi) is 6.52. The molecule has 0 radical (unpaired) electrons. The highest BCUT2D eigenvalue weighted by atomic mass is 16.5. The van der Waals surface area contributed by atoms with Gasteiger partial charge in [0.05, 0.1) is 12.7 Å². The van der Waals surface area contributed by atoms with E-state index in [4.69, 9.17) is 15.2 Å². The van der Waals surface area contributed by atoms with Gasteiger partial charge in [-0.1, -0.05) is 6.92 Å². The maximum atomic E-state index is 11.5. The van der Waals surface area contributed by atoms with Crippen LogP contribution in [0.4, 0.5) is 0 Å². The van der Waals surface area contributed by atoms with Crippen molar-refractivity contribution < 1.29 is 14.3 Å². The largest absolute Gasteiger partial charge is 0.465 e. The normalized spacial score (nSPS) is 16.9. The standard InChI is InChI=1S/C11H23NO3/c1-5-7-15-9(3)8-11(4,12)10(13)14-6-2/h9H,5-8,12H2,1-4H3. The first-order valence-electron chi connectivity index (χ1n) is 5.51. The van der Waals surface area contributed by atoms with Crippen LogP contribution in [0.15, 0.2) is 0 Å². The fraction of sp³-hybridized carbons (Fsp3) is 0.909. The molecule has 0 aromatic carbocycles. The zero-order valence-electron chi connectivity index (χ0n) is 10.2. The minimum atomic E-state index is -0.955. The summed E-state index contributed by atoms with van der Waals surface area (Å²) >= 11 is 0. The van der Waals surface area contributed by atoms with Crippen LogP contribution in [0.25, 0.3) is 0 Å². The topological polar surface area (TPSA) is 61.5 Å². The number of nitrogens with two attached hydrogens (primary N) is 1. The van der Waals surface area contributed by atoms with Gasteiger partial charge in [0.25, 0.3) is 0 Å². The molecule has 0 aromatic heterocycles. The molecule has 0 aliphatic rings. The first-order chi connectivity index (χ1) is 6.94. The van der Waals surface area contributed by atoms with Gasteiger partial charge in [-0.3, -0.25) is 4.79 Å². The van der Waals surface area contributed by atoms with Crippen molar-refractivity contribution in [2.75, 3.05) is 13.2 Å². The molecule has 2 atom stereocenters. The first-order valence-corrected chi connectivity index (χ1v) is 5.51. The van der Waals surface area contributed by atoms with Crippen LogP contribution in [0.5, 0.6) is 0 Å². The second-order valence-corrected chi connectivity index (χ2v) is 4.02. The Hall–Kier alpha value is -0.610. The van der Waals surface area contributed by atoms with E-state index < -0.39 is 5.54 Å². The van der Waals surface area contributed by atoms with Gasteiger partial charge >= 0.3 is 5.97 Å². The van der Waals surface area contributed by atoms with Crippen LogP contribution >= 0.6 is 0 Å². The number of ether oxygens (including phenoxy) is 2. The van der Waals surface area contributed by atoms with Crippen molar-refractivity contribution >= 4 is 5.97 Å². The highest BCUT2D eigenvalue weighted by Gasteiger charge is 2.31. The van der Waals surface area contributed by atoms with E-state index >= 15 is 0 Å². The van der Waals surface area contributed by atoms with E-state index in [0.29, 0.717) is 19.6 Å². The summed E-state index contributed by atoms with van der Waals surface area (Å²) in [5.74, 6) is -0.364. The van der Waals surface area contributed by atoms with E-state index in [1.54, 1.807) is 13.8 Å². The monoisotopic (exact) mass is 217 g/mol. The highest BCUT2D eigenvalue weighted by molar-refractivity contribution is 5.80. The number of esters is 1. The van der Waals surface area contributed by atoms with Crippen LogP contribution < -0.4 is 5.73 Å². The fourth-order valence-electron chi connectivity index (χ4n) is 1.35. The lowest BCUT2D eigenvalue weighted by atomic mass is 9.96. The maximum Gasteiger partial charge on any atom is 0.325 e. The predicted molar refractivity (Wildman–Crippen MR) is 59.5 cm³/mol. The number of rotatable bonds is 7. The second kappa shape index (κ2) is 6.80. The lowest BCUT2D eigenvalue weighted by molar-refractivity contribution is -0.150. The molecule has 0 aliphatic carbocycles. The van der Waals surface area contributed by atoms with E-state index in [0.717, 1.165) is 6.42 Å². The third-order valence-electron chi connectivity index (χ3n) is 2.06. The summed E-state index contributed by atoms with van der Waals surface area (Å²) in [5, 5.41) is 0. The Balaban J connectivity index is 4.05. The van der Waals surface area contributed by atoms with Crippen molar-refractivity contribution in [1.29, 1.82) is 0 Å². The number of carbonyl (C=O) groups excluding carboxylic acids is 1. The van der Waals surface area contributed by atoms with Gasteiger partial charge in [-0.25, -0.2) is 0 Å². The zero-order valence-corrected chi connectivity index (χ0v) is 10.2. The summed E-state index contributed by atoms with van der Waals surface area (Å²) in [6.45, 7) is 8.46. The van der Waals surface area contributed by atoms with Gasteiger partial charge in [0, 0.05) is 13.0 Å². The van der Waals surface area contributed by atoms with Crippen LogP contribution in [0.2, 0.25) is 0 Å². The molecule has 0 saturated heterocycles. The average molecular weight is 217 g/mol. The fourth-order valence-corrected chi connectivity index (χ4v) is 1.35. The van der Waals surface area contributed by atoms with Crippen LogP contribution in [0, 0.1) is 0 Å². The van der Waals surface area contributed by atoms with E-state index in [2.05, 4.69) is 0 Å². The summed E-state index contributed by atoms with van der Waals surface area (Å²) in [4.78, 5) is 11.5.